The van der Waals surface area contributed by atoms with Gasteiger partial charge >= 0.3 is 0 Å². The number of rotatable bonds is 3. The maximum absolute atomic E-state index is 12.4. The second-order valence-corrected chi connectivity index (χ2v) is 6.44. The number of ether oxygens (including phenoxy) is 2. The summed E-state index contributed by atoms with van der Waals surface area (Å²) in [6.07, 6.45) is -0.729. The molecule has 1 aliphatic heterocycles. The first kappa shape index (κ1) is 16.1. The standard InChI is InChI=1S/C19H13N3O3S/c20-9-12-5-7-13(8-6-12)14-11-26-19(21-14)22-18(23)17-10-24-15-3-1-2-4-16(15)25-17/h1-8,11,17H,10H2,(H,21,22,23)/t17-/m0/s1. The minimum atomic E-state index is -0.729. The van der Waals surface area contributed by atoms with Gasteiger partial charge in [0.25, 0.3) is 5.91 Å². The highest BCUT2D eigenvalue weighted by Crippen LogP contribution is 2.31. The summed E-state index contributed by atoms with van der Waals surface area (Å²) in [6, 6.07) is 16.4. The fourth-order valence-electron chi connectivity index (χ4n) is 2.51. The van der Waals surface area contributed by atoms with Crippen LogP contribution in [0.4, 0.5) is 5.13 Å². The van der Waals surface area contributed by atoms with Crippen LogP contribution < -0.4 is 14.8 Å². The molecule has 7 heteroatoms. The van der Waals surface area contributed by atoms with E-state index in [1.807, 2.05) is 29.6 Å². The highest BCUT2D eigenvalue weighted by Gasteiger charge is 2.27. The van der Waals surface area contributed by atoms with Crippen LogP contribution in [0.5, 0.6) is 11.5 Å². The molecule has 0 fully saturated rings. The molecule has 128 valence electrons. The monoisotopic (exact) mass is 363 g/mol. The van der Waals surface area contributed by atoms with Crippen molar-refractivity contribution in [3.8, 4) is 28.8 Å². The molecule has 0 bridgehead atoms. The van der Waals surface area contributed by atoms with Crippen molar-refractivity contribution in [3.63, 3.8) is 0 Å². The number of nitrogens with zero attached hydrogens (tertiary/aromatic N) is 2. The van der Waals surface area contributed by atoms with Gasteiger partial charge in [-0.3, -0.25) is 10.1 Å². The van der Waals surface area contributed by atoms with Crippen LogP contribution in [0.1, 0.15) is 5.56 Å². The van der Waals surface area contributed by atoms with Gasteiger partial charge in [-0.05, 0) is 24.3 Å². The van der Waals surface area contributed by atoms with Crippen molar-refractivity contribution in [1.82, 2.24) is 4.98 Å². The van der Waals surface area contributed by atoms with Gasteiger partial charge in [0.1, 0.15) is 6.61 Å². The van der Waals surface area contributed by atoms with E-state index < -0.39 is 6.10 Å². The van der Waals surface area contributed by atoms with Crippen LogP contribution in [0.15, 0.2) is 53.9 Å². The molecule has 0 radical (unpaired) electrons. The second-order valence-electron chi connectivity index (χ2n) is 5.58. The minimum Gasteiger partial charge on any atom is -0.485 e. The Labute approximate surface area is 153 Å². The number of thiazole rings is 1. The van der Waals surface area contributed by atoms with E-state index in [4.69, 9.17) is 14.7 Å². The van der Waals surface area contributed by atoms with Gasteiger partial charge in [-0.25, -0.2) is 4.98 Å². The number of benzene rings is 2. The number of fused-ring (bicyclic) bond motifs is 1. The Hall–Kier alpha value is -3.37. The molecule has 26 heavy (non-hydrogen) atoms. The third kappa shape index (κ3) is 3.23. The molecule has 1 aromatic heterocycles. The van der Waals surface area contributed by atoms with E-state index in [-0.39, 0.29) is 12.5 Å². The van der Waals surface area contributed by atoms with Gasteiger partial charge in [-0.15, -0.1) is 11.3 Å². The maximum Gasteiger partial charge on any atom is 0.270 e. The van der Waals surface area contributed by atoms with Crippen LogP contribution in [-0.4, -0.2) is 23.6 Å². The van der Waals surface area contributed by atoms with Gasteiger partial charge in [-0.2, -0.15) is 5.26 Å². The Bertz CT molecular complexity index is 992. The lowest BCUT2D eigenvalue weighted by atomic mass is 10.1. The third-order valence-electron chi connectivity index (χ3n) is 3.85. The zero-order chi connectivity index (χ0) is 17.9. The molecule has 2 heterocycles. The molecule has 6 nitrogen and oxygen atoms in total. The fraction of sp³-hybridized carbons (Fsp3) is 0.105. The van der Waals surface area contributed by atoms with Crippen LogP contribution in [-0.2, 0) is 4.79 Å². The van der Waals surface area contributed by atoms with Crippen molar-refractivity contribution in [2.24, 2.45) is 0 Å². The summed E-state index contributed by atoms with van der Waals surface area (Å²) in [4.78, 5) is 16.8. The Morgan fingerprint density at radius 2 is 1.96 bits per heavy atom. The number of hydrogen-bond acceptors (Lipinski definition) is 6. The molecule has 0 saturated carbocycles. The van der Waals surface area contributed by atoms with Crippen LogP contribution in [0.3, 0.4) is 0 Å². The Balaban J connectivity index is 1.44. The number of para-hydroxylation sites is 2. The van der Waals surface area contributed by atoms with E-state index in [9.17, 15) is 4.79 Å². The molecule has 1 N–H and O–H groups in total. The quantitative estimate of drug-likeness (QED) is 0.770. The Kier molecular flexibility index (Phi) is 4.25. The van der Waals surface area contributed by atoms with Gasteiger partial charge in [0.15, 0.2) is 16.6 Å². The van der Waals surface area contributed by atoms with Crippen LogP contribution in [0, 0.1) is 11.3 Å². The molecule has 0 spiro atoms. The molecule has 0 aliphatic carbocycles. The first-order valence-corrected chi connectivity index (χ1v) is 8.76. The number of hydrogen-bond donors (Lipinski definition) is 1. The summed E-state index contributed by atoms with van der Waals surface area (Å²) in [5.41, 5.74) is 2.21. The van der Waals surface area contributed by atoms with Crippen molar-refractivity contribution >= 4 is 22.4 Å². The lowest BCUT2D eigenvalue weighted by molar-refractivity contribution is -0.125. The molecular formula is C19H13N3O3S. The Morgan fingerprint density at radius 1 is 1.19 bits per heavy atom. The third-order valence-corrected chi connectivity index (χ3v) is 4.60. The molecular weight excluding hydrogens is 350 g/mol. The maximum atomic E-state index is 12.4. The molecule has 1 amide bonds. The van der Waals surface area contributed by atoms with E-state index in [1.54, 1.807) is 24.3 Å². The SMILES string of the molecule is N#Cc1ccc(-c2csc(NC(=O)[C@@H]3COc4ccccc4O3)n2)cc1. The predicted octanol–water partition coefficient (Wildman–Crippen LogP) is 3.46. The van der Waals surface area contributed by atoms with Gasteiger partial charge in [0.05, 0.1) is 17.3 Å². The molecule has 4 rings (SSSR count). The average molecular weight is 363 g/mol. The van der Waals surface area contributed by atoms with Crippen molar-refractivity contribution in [2.45, 2.75) is 6.10 Å². The number of carbonyl (C=O) groups is 1. The average Bonchev–Trinajstić information content (AvgIpc) is 3.16. The number of aromatic nitrogens is 1. The van der Waals surface area contributed by atoms with Gasteiger partial charge in [-0.1, -0.05) is 24.3 Å². The normalized spacial score (nSPS) is 15.1. The minimum absolute atomic E-state index is 0.150. The van der Waals surface area contributed by atoms with Crippen molar-refractivity contribution in [3.05, 3.63) is 59.5 Å². The first-order chi connectivity index (χ1) is 12.7. The zero-order valence-corrected chi connectivity index (χ0v) is 14.3. The van der Waals surface area contributed by atoms with Gasteiger partial charge in [0.2, 0.25) is 6.10 Å². The van der Waals surface area contributed by atoms with Crippen LogP contribution in [0.2, 0.25) is 0 Å². The molecule has 3 aromatic rings. The lowest BCUT2D eigenvalue weighted by Crippen LogP contribution is -2.40. The number of anilines is 1. The van der Waals surface area contributed by atoms with Crippen molar-refractivity contribution in [2.75, 3.05) is 11.9 Å². The number of nitriles is 1. The lowest BCUT2D eigenvalue weighted by Gasteiger charge is -2.25. The topological polar surface area (TPSA) is 84.2 Å². The van der Waals surface area contributed by atoms with Crippen LogP contribution in [0.25, 0.3) is 11.3 Å². The molecule has 1 atom stereocenters. The Morgan fingerprint density at radius 3 is 2.73 bits per heavy atom. The summed E-state index contributed by atoms with van der Waals surface area (Å²) in [5.74, 6) is 0.880. The summed E-state index contributed by atoms with van der Waals surface area (Å²) in [7, 11) is 0. The zero-order valence-electron chi connectivity index (χ0n) is 13.5. The number of amides is 1. The first-order valence-electron chi connectivity index (χ1n) is 7.88. The summed E-state index contributed by atoms with van der Waals surface area (Å²) in [5, 5.41) is 14.0. The fourth-order valence-corrected chi connectivity index (χ4v) is 3.24. The summed E-state index contributed by atoms with van der Waals surface area (Å²) < 4.78 is 11.3. The molecule has 0 saturated heterocycles. The van der Waals surface area contributed by atoms with E-state index in [2.05, 4.69) is 16.4 Å². The predicted molar refractivity (Wildman–Crippen MR) is 97.2 cm³/mol. The highest BCUT2D eigenvalue weighted by molar-refractivity contribution is 7.14. The van der Waals surface area contributed by atoms with E-state index in [0.29, 0.717) is 22.2 Å². The molecule has 1 aliphatic rings. The van der Waals surface area contributed by atoms with E-state index in [0.717, 1.165) is 11.3 Å². The van der Waals surface area contributed by atoms with E-state index in [1.165, 1.54) is 11.3 Å². The summed E-state index contributed by atoms with van der Waals surface area (Å²) in [6.45, 7) is 0.150. The molecule has 0 unspecified atom stereocenters. The second kappa shape index (κ2) is 6.86. The number of carbonyl (C=O) groups excluding carboxylic acids is 1. The van der Waals surface area contributed by atoms with Gasteiger partial charge in [0, 0.05) is 10.9 Å². The van der Waals surface area contributed by atoms with E-state index >= 15 is 0 Å². The van der Waals surface area contributed by atoms with Crippen LogP contribution >= 0.6 is 11.3 Å². The highest BCUT2D eigenvalue weighted by atomic mass is 32.1. The van der Waals surface area contributed by atoms with Crippen molar-refractivity contribution < 1.29 is 14.3 Å². The molecule has 2 aromatic carbocycles. The van der Waals surface area contributed by atoms with Crippen molar-refractivity contribution in [1.29, 1.82) is 5.26 Å². The van der Waals surface area contributed by atoms with Gasteiger partial charge < -0.3 is 9.47 Å². The largest absolute Gasteiger partial charge is 0.485 e. The smallest absolute Gasteiger partial charge is 0.270 e. The number of nitrogens with one attached hydrogen (secondary N) is 1. The summed E-state index contributed by atoms with van der Waals surface area (Å²) >= 11 is 1.33.